The van der Waals surface area contributed by atoms with E-state index in [0.29, 0.717) is 24.3 Å². The molecule has 1 aliphatic heterocycles. The van der Waals surface area contributed by atoms with E-state index in [1.807, 2.05) is 23.5 Å². The van der Waals surface area contributed by atoms with Gasteiger partial charge in [0.25, 0.3) is 0 Å². The van der Waals surface area contributed by atoms with Crippen molar-refractivity contribution in [1.82, 2.24) is 15.3 Å². The maximum Gasteiger partial charge on any atom is 0.405 e. The number of anilines is 1. The molecule has 1 aromatic heterocycles. The van der Waals surface area contributed by atoms with Gasteiger partial charge in [0.05, 0.1) is 17.2 Å². The smallest absolute Gasteiger partial charge is 0.345 e. The molecule has 1 amide bonds. The zero-order valence-corrected chi connectivity index (χ0v) is 12.2. The molecule has 0 aliphatic carbocycles. The minimum Gasteiger partial charge on any atom is -0.345 e. The molecule has 8 heteroatoms. The lowest BCUT2D eigenvalue weighted by atomic mass is 10.2. The van der Waals surface area contributed by atoms with E-state index >= 15 is 0 Å². The molecular formula is C15H15F3N4O. The predicted octanol–water partition coefficient (Wildman–Crippen LogP) is 2.28. The van der Waals surface area contributed by atoms with Crippen LogP contribution in [0.15, 0.2) is 30.5 Å². The Bertz CT molecular complexity index is 719. The second-order valence-electron chi connectivity index (χ2n) is 5.40. The molecule has 122 valence electrons. The highest BCUT2D eigenvalue weighted by Crippen LogP contribution is 2.25. The topological polar surface area (TPSA) is 58.1 Å². The first-order valence-corrected chi connectivity index (χ1v) is 7.27. The number of nitrogens with zero attached hydrogens (tertiary/aromatic N) is 3. The lowest BCUT2D eigenvalue weighted by molar-refractivity contribution is -0.139. The Morgan fingerprint density at radius 2 is 2.04 bits per heavy atom. The monoisotopic (exact) mass is 324 g/mol. The van der Waals surface area contributed by atoms with E-state index in [4.69, 9.17) is 0 Å². The summed E-state index contributed by atoms with van der Waals surface area (Å²) in [6.45, 7) is -0.753. The first-order chi connectivity index (χ1) is 10.9. The molecule has 2 heterocycles. The number of alkyl halides is 3. The third kappa shape index (κ3) is 3.52. The SMILES string of the molecule is O=C(NCC(F)(F)F)[C@@H]1CCCN1c1cnc2ccccc2n1. The number of hydrogen-bond acceptors (Lipinski definition) is 4. The summed E-state index contributed by atoms with van der Waals surface area (Å²) < 4.78 is 36.7. The molecule has 1 aromatic carbocycles. The number of fused-ring (bicyclic) bond motifs is 1. The summed E-state index contributed by atoms with van der Waals surface area (Å²) in [5, 5.41) is 1.95. The van der Waals surface area contributed by atoms with Gasteiger partial charge in [-0.3, -0.25) is 9.78 Å². The van der Waals surface area contributed by atoms with Crippen LogP contribution in [-0.2, 0) is 4.79 Å². The molecule has 2 aromatic rings. The Kier molecular flexibility index (Phi) is 4.06. The van der Waals surface area contributed by atoms with Crippen LogP contribution in [0.5, 0.6) is 0 Å². The van der Waals surface area contributed by atoms with Crippen molar-refractivity contribution in [3.63, 3.8) is 0 Å². The zero-order chi connectivity index (χ0) is 16.4. The molecule has 0 bridgehead atoms. The van der Waals surface area contributed by atoms with Gasteiger partial charge in [-0.05, 0) is 25.0 Å². The van der Waals surface area contributed by atoms with Crippen LogP contribution in [0.3, 0.4) is 0 Å². The summed E-state index contributed by atoms with van der Waals surface area (Å²) in [7, 11) is 0. The second-order valence-corrected chi connectivity index (χ2v) is 5.40. The summed E-state index contributed by atoms with van der Waals surface area (Å²) in [5.41, 5.74) is 1.42. The number of para-hydroxylation sites is 2. The van der Waals surface area contributed by atoms with Crippen LogP contribution < -0.4 is 10.2 Å². The molecule has 0 saturated carbocycles. The first-order valence-electron chi connectivity index (χ1n) is 7.27. The minimum atomic E-state index is -4.41. The number of benzene rings is 1. The van der Waals surface area contributed by atoms with Crippen molar-refractivity contribution in [3.05, 3.63) is 30.5 Å². The summed E-state index contributed by atoms with van der Waals surface area (Å²) >= 11 is 0. The predicted molar refractivity (Wildman–Crippen MR) is 79.0 cm³/mol. The Hall–Kier alpha value is -2.38. The van der Waals surface area contributed by atoms with Crippen LogP contribution in [0.25, 0.3) is 11.0 Å². The molecule has 1 saturated heterocycles. The van der Waals surface area contributed by atoms with E-state index in [1.54, 1.807) is 17.2 Å². The standard InChI is InChI=1S/C15H15F3N4O/c16-15(17,18)9-20-14(23)12-6-3-7-22(12)13-8-19-10-4-1-2-5-11(10)21-13/h1-2,4-5,8,12H,3,6-7,9H2,(H,20,23)/t12-/m0/s1. The van der Waals surface area contributed by atoms with Gasteiger partial charge in [-0.2, -0.15) is 13.2 Å². The van der Waals surface area contributed by atoms with Crippen molar-refractivity contribution in [2.45, 2.75) is 25.1 Å². The van der Waals surface area contributed by atoms with Gasteiger partial charge in [0, 0.05) is 6.54 Å². The van der Waals surface area contributed by atoms with Gasteiger partial charge >= 0.3 is 6.18 Å². The molecule has 3 rings (SSSR count). The highest BCUT2D eigenvalue weighted by molar-refractivity contribution is 5.86. The van der Waals surface area contributed by atoms with Crippen LogP contribution in [0.1, 0.15) is 12.8 Å². The second kappa shape index (κ2) is 6.02. The quantitative estimate of drug-likeness (QED) is 0.941. The molecule has 23 heavy (non-hydrogen) atoms. The number of carbonyl (C=O) groups excluding carboxylic acids is 1. The average Bonchev–Trinajstić information content (AvgIpc) is 3.01. The van der Waals surface area contributed by atoms with Gasteiger partial charge in [-0.25, -0.2) is 4.98 Å². The highest BCUT2D eigenvalue weighted by atomic mass is 19.4. The van der Waals surface area contributed by atoms with Gasteiger partial charge in [-0.15, -0.1) is 0 Å². The molecule has 1 N–H and O–H groups in total. The van der Waals surface area contributed by atoms with Crippen molar-refractivity contribution >= 4 is 22.8 Å². The Morgan fingerprint density at radius 1 is 1.30 bits per heavy atom. The molecule has 1 aliphatic rings. The molecular weight excluding hydrogens is 309 g/mol. The number of halogens is 3. The molecule has 0 radical (unpaired) electrons. The average molecular weight is 324 g/mol. The number of nitrogens with one attached hydrogen (secondary N) is 1. The number of aromatic nitrogens is 2. The summed E-state index contributed by atoms with van der Waals surface area (Å²) in [6.07, 6.45) is -1.64. The summed E-state index contributed by atoms with van der Waals surface area (Å²) in [4.78, 5) is 22.5. The van der Waals surface area contributed by atoms with E-state index in [9.17, 15) is 18.0 Å². The Balaban J connectivity index is 1.78. The van der Waals surface area contributed by atoms with Gasteiger partial charge < -0.3 is 10.2 Å². The number of amides is 1. The van der Waals surface area contributed by atoms with Gasteiger partial charge in [0.15, 0.2) is 0 Å². The van der Waals surface area contributed by atoms with Gasteiger partial charge in [-0.1, -0.05) is 12.1 Å². The van der Waals surface area contributed by atoms with E-state index in [1.165, 1.54) is 0 Å². The normalized spacial score (nSPS) is 18.4. The van der Waals surface area contributed by atoms with E-state index in [2.05, 4.69) is 9.97 Å². The third-order valence-electron chi connectivity index (χ3n) is 3.75. The lowest BCUT2D eigenvalue weighted by Crippen LogP contribution is -2.46. The van der Waals surface area contributed by atoms with Gasteiger partial charge in [0.1, 0.15) is 18.4 Å². The van der Waals surface area contributed by atoms with Crippen molar-refractivity contribution in [1.29, 1.82) is 0 Å². The molecule has 1 fully saturated rings. The largest absolute Gasteiger partial charge is 0.405 e. The number of rotatable bonds is 3. The Morgan fingerprint density at radius 3 is 2.78 bits per heavy atom. The first kappa shape index (κ1) is 15.5. The van der Waals surface area contributed by atoms with E-state index in [-0.39, 0.29) is 0 Å². The molecule has 1 atom stereocenters. The fourth-order valence-electron chi connectivity index (χ4n) is 2.70. The maximum absolute atomic E-state index is 12.2. The summed E-state index contributed by atoms with van der Waals surface area (Å²) in [5.74, 6) is -0.122. The number of hydrogen-bond donors (Lipinski definition) is 1. The Labute approximate surface area is 130 Å². The van der Waals surface area contributed by atoms with Gasteiger partial charge in [0.2, 0.25) is 5.91 Å². The lowest BCUT2D eigenvalue weighted by Gasteiger charge is -2.25. The van der Waals surface area contributed by atoms with Crippen LogP contribution >= 0.6 is 0 Å². The van der Waals surface area contributed by atoms with Crippen molar-refractivity contribution in [2.75, 3.05) is 18.0 Å². The van der Waals surface area contributed by atoms with Crippen LogP contribution in [0, 0.1) is 0 Å². The molecule has 0 spiro atoms. The fourth-order valence-corrected chi connectivity index (χ4v) is 2.70. The third-order valence-corrected chi connectivity index (χ3v) is 3.75. The molecule has 5 nitrogen and oxygen atoms in total. The summed E-state index contributed by atoms with van der Waals surface area (Å²) in [6, 6.07) is 6.66. The minimum absolute atomic E-state index is 0.498. The number of carbonyl (C=O) groups is 1. The maximum atomic E-state index is 12.2. The molecule has 0 unspecified atom stereocenters. The zero-order valence-electron chi connectivity index (χ0n) is 12.2. The van der Waals surface area contributed by atoms with Crippen LogP contribution in [0.2, 0.25) is 0 Å². The van der Waals surface area contributed by atoms with Crippen molar-refractivity contribution in [2.24, 2.45) is 0 Å². The van der Waals surface area contributed by atoms with Crippen molar-refractivity contribution in [3.8, 4) is 0 Å². The van der Waals surface area contributed by atoms with Crippen molar-refractivity contribution < 1.29 is 18.0 Å². The fraction of sp³-hybridized carbons (Fsp3) is 0.400. The van der Waals surface area contributed by atoms with Crippen LogP contribution in [0.4, 0.5) is 19.0 Å². The van der Waals surface area contributed by atoms with E-state index in [0.717, 1.165) is 11.9 Å². The van der Waals surface area contributed by atoms with E-state index < -0.39 is 24.7 Å². The van der Waals surface area contributed by atoms with Crippen LogP contribution in [-0.4, -0.2) is 41.2 Å². The highest BCUT2D eigenvalue weighted by Gasteiger charge is 2.34.